The average Bonchev–Trinajstić information content (AvgIpc) is 1.64. The summed E-state index contributed by atoms with van der Waals surface area (Å²) >= 11 is 1.38. The number of likely N-dealkylation sites (tertiary alicyclic amines) is 1. The van der Waals surface area contributed by atoms with E-state index in [2.05, 4.69) is 83.1 Å². The Morgan fingerprint density at radius 3 is 1.65 bits per heavy atom. The molecule has 35 nitrogen and oxygen atoms in total. The molecule has 1 saturated heterocycles. The molecule has 3 aliphatic rings. The molecule has 0 unspecified atom stereocenters. The van der Waals surface area contributed by atoms with E-state index in [4.69, 9.17) is 4.74 Å². The second-order valence-electron chi connectivity index (χ2n) is 36.6. The van der Waals surface area contributed by atoms with Crippen molar-refractivity contribution in [1.82, 2.24) is 31.5 Å². The summed E-state index contributed by atoms with van der Waals surface area (Å²) in [4.78, 5) is 244. The van der Waals surface area contributed by atoms with Gasteiger partial charge < -0.3 is 66.7 Å². The van der Waals surface area contributed by atoms with Crippen molar-refractivity contribution >= 4 is 145 Å². The molecule has 3 aromatic carbocycles. The number of thioether (sulfide) groups is 1. The molecule has 11 N–H and O–H groups in total. The number of carboxylic acid groups (broad SMARTS) is 5. The van der Waals surface area contributed by atoms with E-state index >= 15 is 0 Å². The molecule has 0 bridgehead atoms. The van der Waals surface area contributed by atoms with Crippen molar-refractivity contribution in [2.45, 2.75) is 288 Å². The highest BCUT2D eigenvalue weighted by atomic mass is 32.2. The van der Waals surface area contributed by atoms with Gasteiger partial charge in [0.15, 0.2) is 40.4 Å². The number of carboxylic acids is 5. The molecule has 37 heteroatoms. The molecule has 9 atom stereocenters. The van der Waals surface area contributed by atoms with E-state index in [1.807, 2.05) is 69.1 Å². The van der Waals surface area contributed by atoms with Crippen molar-refractivity contribution in [1.29, 1.82) is 0 Å². The molecule has 0 aromatic heterocycles. The summed E-state index contributed by atoms with van der Waals surface area (Å²) in [6.07, 6.45) is 7.21. The molecule has 748 valence electrons. The summed E-state index contributed by atoms with van der Waals surface area (Å²) in [5.74, 6) is -20.8. The van der Waals surface area contributed by atoms with E-state index in [1.165, 1.54) is 76.8 Å². The standard InChI is InChI=1S/C100H134N8O27S2/c1-12-81(111)77(60-136-11)101-88(116)43-42-83(113)75(52-61(3)4)105-98(131)80-25-22-50-108(80)89(117)59-135-51-23-26-82(112)76(54-64-30-32-65(33-31-64)63(6)109)104-97(130)68(36-46-92(122)123)57-85(115)74(39-48-94(126)127)103-96(129)67(35-45-91(120)121)56-84(114)73(38-47-93(124)125)102-95(128)66(34-44-90(118)119)55-69(110)24-18-17-21-49-107-79-41-37-70(137(132,133)134)58-72(79)100(9,10)87(107)28-20-16-14-15-19-27-86-99(7,8)71-53-62(5)29-40-78(71)106(86)13-2/h14-16,19-20,27-33,37,40-41,53,58,61,66-68,73-77,80H,12-13,17-18,21-26,34-36,38-39,42-52,54-57,59-60H2,1-11H3,(H10-,101,102,103,104,105,116,118,119,120,121,122,123,124,125,126,127,128,129,130,131,132,133,134)/p+1/t66-,67-,68-,73+,74+,75-,76-,77-,80-/m0/s1. The Labute approximate surface area is 804 Å². The van der Waals surface area contributed by atoms with E-state index in [0.29, 0.717) is 53.9 Å². The number of amides is 6. The van der Waals surface area contributed by atoms with Crippen molar-refractivity contribution in [3.63, 3.8) is 0 Å². The fourth-order valence-electron chi connectivity index (χ4n) is 17.3. The summed E-state index contributed by atoms with van der Waals surface area (Å²) in [5.41, 5.74) is 6.59. The van der Waals surface area contributed by atoms with Crippen molar-refractivity contribution in [2.24, 2.45) is 23.7 Å². The number of anilines is 1. The number of nitrogens with zero attached hydrogens (tertiary/aromatic N) is 3. The van der Waals surface area contributed by atoms with E-state index in [1.54, 1.807) is 19.2 Å². The zero-order chi connectivity index (χ0) is 102. The van der Waals surface area contributed by atoms with Gasteiger partial charge in [0.25, 0.3) is 10.1 Å². The molecule has 0 aliphatic carbocycles. The van der Waals surface area contributed by atoms with Crippen LogP contribution in [0.4, 0.5) is 11.4 Å². The van der Waals surface area contributed by atoms with Gasteiger partial charge >= 0.3 is 29.8 Å². The van der Waals surface area contributed by atoms with E-state index < -0.39 is 254 Å². The lowest BCUT2D eigenvalue weighted by Gasteiger charge is -2.27. The number of aliphatic carboxylic acids is 5. The maximum Gasteiger partial charge on any atom is 0.303 e. The predicted octanol–water partition coefficient (Wildman–Crippen LogP) is 10.6. The first kappa shape index (κ1) is 114. The topological polar surface area (TPSA) is 542 Å². The smallest absolute Gasteiger partial charge is 0.303 e. The largest absolute Gasteiger partial charge is 0.481 e. The van der Waals surface area contributed by atoms with Gasteiger partial charge in [-0.05, 0) is 165 Å². The molecule has 3 aromatic rings. The number of unbranched alkanes of at least 4 members (excludes halogenated alkanes) is 2. The van der Waals surface area contributed by atoms with E-state index in [-0.39, 0.29) is 105 Å². The molecule has 0 saturated carbocycles. The first-order valence-electron chi connectivity index (χ1n) is 46.7. The minimum Gasteiger partial charge on any atom is -0.481 e. The van der Waals surface area contributed by atoms with Gasteiger partial charge in [0, 0.05) is 167 Å². The molecule has 6 amide bonds. The molecule has 0 spiro atoms. The van der Waals surface area contributed by atoms with Crippen LogP contribution in [0.1, 0.15) is 255 Å². The number of ketones is 7. The summed E-state index contributed by atoms with van der Waals surface area (Å²) in [6.45, 7) is 19.7. The van der Waals surface area contributed by atoms with Gasteiger partial charge in [-0.2, -0.15) is 24.8 Å². The van der Waals surface area contributed by atoms with Crippen LogP contribution in [0.15, 0.2) is 114 Å². The zero-order valence-corrected chi connectivity index (χ0v) is 81.8. The highest BCUT2D eigenvalue weighted by Crippen LogP contribution is 2.49. The Morgan fingerprint density at radius 1 is 0.562 bits per heavy atom. The fraction of sp³-hybridized carbons (Fsp3) is 0.550. The van der Waals surface area contributed by atoms with Gasteiger partial charge in [-0.15, -0.1) is 0 Å². The minimum absolute atomic E-state index is 0.0562. The summed E-state index contributed by atoms with van der Waals surface area (Å²) in [7, 11) is -4.59. The monoisotopic (exact) mass is 1940 g/mol. The number of benzene rings is 3. The van der Waals surface area contributed by atoms with Gasteiger partial charge in [0.1, 0.15) is 25.0 Å². The second-order valence-corrected chi connectivity index (χ2v) is 38.9. The third-order valence-electron chi connectivity index (χ3n) is 24.9. The van der Waals surface area contributed by atoms with Crippen molar-refractivity contribution in [3.05, 3.63) is 137 Å². The lowest BCUT2D eigenvalue weighted by molar-refractivity contribution is -0.433. The van der Waals surface area contributed by atoms with Crippen LogP contribution in [0, 0.1) is 30.6 Å². The van der Waals surface area contributed by atoms with Crippen LogP contribution < -0.4 is 31.5 Å². The number of carbonyl (C=O) groups is 18. The number of nitrogens with one attached hydrogen (secondary N) is 5. The highest BCUT2D eigenvalue weighted by Gasteiger charge is 2.46. The van der Waals surface area contributed by atoms with Crippen molar-refractivity contribution in [2.75, 3.05) is 49.8 Å². The Hall–Kier alpha value is -11.8. The molecule has 137 heavy (non-hydrogen) atoms. The van der Waals surface area contributed by atoms with Crippen LogP contribution in [-0.4, -0.2) is 241 Å². The zero-order valence-electron chi connectivity index (χ0n) is 80.1. The Bertz CT molecular complexity index is 5180. The number of hydrogen-bond donors (Lipinski definition) is 11. The highest BCUT2D eigenvalue weighted by molar-refractivity contribution is 7.98. The van der Waals surface area contributed by atoms with Gasteiger partial charge in [-0.1, -0.05) is 107 Å². The molecule has 3 aliphatic heterocycles. The first-order chi connectivity index (χ1) is 64.6. The van der Waals surface area contributed by atoms with Gasteiger partial charge in [-0.25, -0.2) is 0 Å². The third-order valence-corrected chi connectivity index (χ3v) is 26.4. The van der Waals surface area contributed by atoms with Crippen LogP contribution in [0.3, 0.4) is 0 Å². The third kappa shape index (κ3) is 35.9. The van der Waals surface area contributed by atoms with E-state index in [0.717, 1.165) is 18.0 Å². The number of aryl methyl sites for hydroxylation is 1. The van der Waals surface area contributed by atoms with Gasteiger partial charge in [0.05, 0.1) is 40.5 Å². The van der Waals surface area contributed by atoms with Crippen LogP contribution in [-0.2, 0) is 114 Å². The van der Waals surface area contributed by atoms with Crippen LogP contribution in [0.25, 0.3) is 0 Å². The number of rotatable bonds is 64. The maximum atomic E-state index is 14.7. The molecular weight excluding hydrogens is 1810 g/mol. The van der Waals surface area contributed by atoms with Crippen LogP contribution >= 0.6 is 11.8 Å². The molecule has 1 fully saturated rings. The van der Waals surface area contributed by atoms with Crippen molar-refractivity contribution < 1.29 is 134 Å². The Kier molecular flexibility index (Phi) is 45.7. The number of Topliss-reactive ketones (excluding diaryl/α,β-unsaturated/α-hetero) is 7. The number of carbonyl (C=O) groups excluding carboxylic acids is 13. The lowest BCUT2D eigenvalue weighted by atomic mass is 9.81. The number of hydrogen-bond acceptors (Lipinski definition) is 23. The van der Waals surface area contributed by atoms with Gasteiger partial charge in [0.2, 0.25) is 41.1 Å². The fourth-order valence-corrected chi connectivity index (χ4v) is 18.4. The quantitative estimate of drug-likeness (QED) is 0.00822. The average molecular weight is 1950 g/mol. The number of ether oxygens (including phenoxy) is 1. The van der Waals surface area contributed by atoms with Gasteiger partial charge in [-0.3, -0.25) is 90.9 Å². The Balaban J connectivity index is 1.12. The predicted molar refractivity (Wildman–Crippen MR) is 511 cm³/mol. The molecule has 6 rings (SSSR count). The lowest BCUT2D eigenvalue weighted by Crippen LogP contribution is -2.52. The summed E-state index contributed by atoms with van der Waals surface area (Å²) in [5, 5.41) is 62.2. The SMILES string of the molecule is CCC(=O)[C@H](CSC)NC(=O)CCC(=O)[C@H](CC(C)C)NC(=O)[C@@H]1CCCN1C(=O)COCCCC(=O)[C@H](Cc1ccc(C(C)=O)cc1)NC(=O)[C@@H](CCC(=O)O)CC(=O)[C@@H](CCC(=O)O)NC(=O)[C@@H](CCC(=O)O)CC(=O)[C@@H](CCC(=O)O)NC(=O)[C@@H](CCC(=O)O)CC(=O)CCCCCN1/C(=C/C=C/C=C/C=C/C2=[N+](CC)c3ccc(C)cc3C2(C)C)C(C)(C)c2cc(S(=O)(=O)O)ccc21. The normalized spacial score (nSPS) is 16.4. The van der Waals surface area contributed by atoms with Crippen molar-refractivity contribution in [3.8, 4) is 0 Å². The number of fused-ring (bicyclic) bond motifs is 2. The minimum atomic E-state index is -4.59. The number of allylic oxidation sites excluding steroid dienone is 8. The summed E-state index contributed by atoms with van der Waals surface area (Å²) < 4.78 is 42.9. The summed E-state index contributed by atoms with van der Waals surface area (Å²) in [6, 6.07) is 9.07. The molecule has 3 heterocycles. The van der Waals surface area contributed by atoms with Crippen LogP contribution in [0.5, 0.6) is 0 Å². The molecular formula is C100H135N8O27S2+. The first-order valence-corrected chi connectivity index (χ1v) is 49.5. The van der Waals surface area contributed by atoms with E-state index in [9.17, 15) is 125 Å². The maximum absolute atomic E-state index is 14.7. The van der Waals surface area contributed by atoms with Crippen LogP contribution in [0.2, 0.25) is 0 Å². The second kappa shape index (κ2) is 54.9. The Morgan fingerprint density at radius 2 is 1.11 bits per heavy atom. The molecule has 0 radical (unpaired) electrons.